The van der Waals surface area contributed by atoms with Crippen LogP contribution in [0, 0.1) is 13.8 Å². The first-order valence-electron chi connectivity index (χ1n) is 7.33. The normalized spacial score (nSPS) is 10.8. The number of aryl methyl sites for hydroxylation is 2. The second-order valence-corrected chi connectivity index (χ2v) is 5.20. The molecule has 0 fully saturated rings. The summed E-state index contributed by atoms with van der Waals surface area (Å²) >= 11 is 0. The van der Waals surface area contributed by atoms with E-state index in [9.17, 15) is 0 Å². The van der Waals surface area contributed by atoms with E-state index in [4.69, 9.17) is 4.74 Å². The van der Waals surface area contributed by atoms with E-state index in [1.807, 2.05) is 31.2 Å². The Hall–Kier alpha value is -2.63. The molecule has 0 amide bonds. The number of benzene rings is 1. The number of hydrogen-bond acceptors (Lipinski definition) is 5. The molecule has 1 N–H and O–H groups in total. The molecule has 0 aliphatic rings. The maximum absolute atomic E-state index is 5.73. The summed E-state index contributed by atoms with van der Waals surface area (Å²) in [5.41, 5.74) is 2.12. The summed E-state index contributed by atoms with van der Waals surface area (Å²) in [5.74, 6) is 2.42. The largest absolute Gasteiger partial charge is 0.494 e. The molecule has 3 rings (SSSR count). The molecular weight excluding hydrogens is 278 g/mol. The lowest BCUT2D eigenvalue weighted by atomic mass is 10.2. The standard InChI is InChI=1S/C16H19N5O/c1-12-5-3-6-14(9-12)22-8-4-7-17-15-10-13(2)20-16-18-11-19-21(15)16/h3,5-6,9-11,17H,4,7-8H2,1-2H3. The summed E-state index contributed by atoms with van der Waals surface area (Å²) in [4.78, 5) is 8.42. The van der Waals surface area contributed by atoms with E-state index in [0.717, 1.165) is 30.2 Å². The summed E-state index contributed by atoms with van der Waals surface area (Å²) in [7, 11) is 0. The van der Waals surface area contributed by atoms with Crippen LogP contribution in [0.3, 0.4) is 0 Å². The molecule has 0 saturated heterocycles. The third kappa shape index (κ3) is 3.33. The summed E-state index contributed by atoms with van der Waals surface area (Å²) in [5, 5.41) is 7.52. The second-order valence-electron chi connectivity index (χ2n) is 5.20. The Labute approximate surface area is 129 Å². The molecule has 3 aromatic rings. The molecule has 0 unspecified atom stereocenters. The maximum atomic E-state index is 5.73. The van der Waals surface area contributed by atoms with Crippen molar-refractivity contribution >= 4 is 11.6 Å². The summed E-state index contributed by atoms with van der Waals surface area (Å²) in [6.07, 6.45) is 2.40. The van der Waals surface area contributed by atoms with Gasteiger partial charge in [-0.15, -0.1) is 0 Å². The van der Waals surface area contributed by atoms with E-state index in [0.29, 0.717) is 12.4 Å². The van der Waals surface area contributed by atoms with Gasteiger partial charge in [0, 0.05) is 18.3 Å². The smallest absolute Gasteiger partial charge is 0.254 e. The van der Waals surface area contributed by atoms with E-state index < -0.39 is 0 Å². The fourth-order valence-corrected chi connectivity index (χ4v) is 2.24. The number of rotatable bonds is 6. The molecule has 0 aliphatic heterocycles. The monoisotopic (exact) mass is 297 g/mol. The number of fused-ring (bicyclic) bond motifs is 1. The van der Waals surface area contributed by atoms with Gasteiger partial charge >= 0.3 is 0 Å². The second kappa shape index (κ2) is 6.43. The van der Waals surface area contributed by atoms with Gasteiger partial charge in [0.1, 0.15) is 17.9 Å². The van der Waals surface area contributed by atoms with Crippen LogP contribution in [0.25, 0.3) is 5.78 Å². The van der Waals surface area contributed by atoms with Crippen LogP contribution in [-0.4, -0.2) is 32.7 Å². The van der Waals surface area contributed by atoms with Crippen molar-refractivity contribution in [3.63, 3.8) is 0 Å². The summed E-state index contributed by atoms with van der Waals surface area (Å²) in [6.45, 7) is 5.47. The highest BCUT2D eigenvalue weighted by atomic mass is 16.5. The van der Waals surface area contributed by atoms with Crippen LogP contribution in [0.1, 0.15) is 17.7 Å². The Morgan fingerprint density at radius 3 is 3.00 bits per heavy atom. The molecule has 22 heavy (non-hydrogen) atoms. The van der Waals surface area contributed by atoms with Crippen LogP contribution in [0.5, 0.6) is 5.75 Å². The number of aromatic nitrogens is 4. The molecule has 0 radical (unpaired) electrons. The van der Waals surface area contributed by atoms with Crippen molar-refractivity contribution in [2.45, 2.75) is 20.3 Å². The zero-order chi connectivity index (χ0) is 15.4. The van der Waals surface area contributed by atoms with Crippen molar-refractivity contribution in [1.29, 1.82) is 0 Å². The van der Waals surface area contributed by atoms with Gasteiger partial charge in [-0.1, -0.05) is 12.1 Å². The highest BCUT2D eigenvalue weighted by Crippen LogP contribution is 2.13. The van der Waals surface area contributed by atoms with Crippen LogP contribution in [-0.2, 0) is 0 Å². The molecule has 1 aromatic carbocycles. The zero-order valence-corrected chi connectivity index (χ0v) is 12.8. The molecule has 0 aliphatic carbocycles. The van der Waals surface area contributed by atoms with Crippen LogP contribution < -0.4 is 10.1 Å². The van der Waals surface area contributed by atoms with E-state index in [2.05, 4.69) is 33.4 Å². The molecule has 0 spiro atoms. The number of nitrogens with zero attached hydrogens (tertiary/aromatic N) is 4. The van der Waals surface area contributed by atoms with Gasteiger partial charge in [-0.25, -0.2) is 4.98 Å². The SMILES string of the molecule is Cc1cccc(OCCCNc2cc(C)nc3ncnn23)c1. The lowest BCUT2D eigenvalue weighted by molar-refractivity contribution is 0.315. The van der Waals surface area contributed by atoms with Gasteiger partial charge in [0.15, 0.2) is 0 Å². The molecule has 6 nitrogen and oxygen atoms in total. The molecule has 2 aromatic heterocycles. The average molecular weight is 297 g/mol. The molecule has 2 heterocycles. The third-order valence-corrected chi connectivity index (χ3v) is 3.27. The minimum atomic E-state index is 0.610. The van der Waals surface area contributed by atoms with E-state index >= 15 is 0 Å². The fourth-order valence-electron chi connectivity index (χ4n) is 2.24. The molecule has 114 valence electrons. The first kappa shape index (κ1) is 14.3. The molecular formula is C16H19N5O. The van der Waals surface area contributed by atoms with Crippen molar-refractivity contribution in [3.8, 4) is 5.75 Å². The predicted octanol–water partition coefficient (Wildman–Crippen LogP) is 2.62. The quantitative estimate of drug-likeness (QED) is 0.709. The number of ether oxygens (including phenoxy) is 1. The minimum absolute atomic E-state index is 0.610. The molecule has 0 bridgehead atoms. The number of hydrogen-bond donors (Lipinski definition) is 1. The van der Waals surface area contributed by atoms with Gasteiger partial charge in [0.25, 0.3) is 5.78 Å². The van der Waals surface area contributed by atoms with Gasteiger partial charge < -0.3 is 10.1 Å². The van der Waals surface area contributed by atoms with Crippen LogP contribution in [0.2, 0.25) is 0 Å². The van der Waals surface area contributed by atoms with Crippen molar-refractivity contribution in [1.82, 2.24) is 19.6 Å². The molecule has 0 saturated carbocycles. The molecule has 0 atom stereocenters. The zero-order valence-electron chi connectivity index (χ0n) is 12.8. The van der Waals surface area contributed by atoms with Gasteiger partial charge in [-0.2, -0.15) is 14.6 Å². The van der Waals surface area contributed by atoms with E-state index in [-0.39, 0.29) is 0 Å². The van der Waals surface area contributed by atoms with Crippen molar-refractivity contribution in [3.05, 3.63) is 47.9 Å². The molecule has 6 heteroatoms. The average Bonchev–Trinajstić information content (AvgIpc) is 2.95. The van der Waals surface area contributed by atoms with Crippen LogP contribution in [0.4, 0.5) is 5.82 Å². The van der Waals surface area contributed by atoms with Crippen LogP contribution >= 0.6 is 0 Å². The van der Waals surface area contributed by atoms with Crippen molar-refractivity contribution in [2.24, 2.45) is 0 Å². The third-order valence-electron chi connectivity index (χ3n) is 3.27. The fraction of sp³-hybridized carbons (Fsp3) is 0.312. The van der Waals surface area contributed by atoms with E-state index in [1.54, 1.807) is 4.52 Å². The van der Waals surface area contributed by atoms with Gasteiger partial charge in [0.05, 0.1) is 6.61 Å². The first-order valence-corrected chi connectivity index (χ1v) is 7.33. The predicted molar refractivity (Wildman–Crippen MR) is 85.3 cm³/mol. The highest BCUT2D eigenvalue weighted by Gasteiger charge is 2.04. The highest BCUT2D eigenvalue weighted by molar-refractivity contribution is 5.44. The minimum Gasteiger partial charge on any atom is -0.494 e. The Kier molecular flexibility index (Phi) is 4.18. The van der Waals surface area contributed by atoms with E-state index in [1.165, 1.54) is 11.9 Å². The summed E-state index contributed by atoms with van der Waals surface area (Å²) in [6, 6.07) is 10.0. The van der Waals surface area contributed by atoms with Crippen molar-refractivity contribution in [2.75, 3.05) is 18.5 Å². The Morgan fingerprint density at radius 1 is 1.23 bits per heavy atom. The Balaban J connectivity index is 1.51. The lowest BCUT2D eigenvalue weighted by Gasteiger charge is -2.10. The van der Waals surface area contributed by atoms with Crippen LogP contribution in [0.15, 0.2) is 36.7 Å². The Morgan fingerprint density at radius 2 is 2.14 bits per heavy atom. The number of nitrogens with one attached hydrogen (secondary N) is 1. The van der Waals surface area contributed by atoms with Gasteiger partial charge in [-0.05, 0) is 38.0 Å². The van der Waals surface area contributed by atoms with Gasteiger partial charge in [0.2, 0.25) is 0 Å². The lowest BCUT2D eigenvalue weighted by Crippen LogP contribution is -2.11. The maximum Gasteiger partial charge on any atom is 0.254 e. The number of anilines is 1. The van der Waals surface area contributed by atoms with Crippen molar-refractivity contribution < 1.29 is 4.74 Å². The first-order chi connectivity index (χ1) is 10.7. The topological polar surface area (TPSA) is 64.3 Å². The Bertz CT molecular complexity index is 768. The summed E-state index contributed by atoms with van der Waals surface area (Å²) < 4.78 is 7.44. The van der Waals surface area contributed by atoms with Gasteiger partial charge in [-0.3, -0.25) is 0 Å².